The molecule has 5 saturated carbocycles. The van der Waals surface area contributed by atoms with Gasteiger partial charge in [-0.15, -0.1) is 0 Å². The van der Waals surface area contributed by atoms with Gasteiger partial charge in [0.15, 0.2) is 6.10 Å². The summed E-state index contributed by atoms with van der Waals surface area (Å²) < 4.78 is 5.30. The molecule has 5 rings (SSSR count). The molecule has 116 valence electrons. The summed E-state index contributed by atoms with van der Waals surface area (Å²) in [5.41, 5.74) is 0.00603. The minimum absolute atomic E-state index is 0.00603. The van der Waals surface area contributed by atoms with Gasteiger partial charge in [0.05, 0.1) is 5.92 Å². The highest BCUT2D eigenvalue weighted by molar-refractivity contribution is 5.85. The van der Waals surface area contributed by atoms with Gasteiger partial charge in [-0.3, -0.25) is 9.59 Å². The molecule has 4 nitrogen and oxygen atoms in total. The normalized spacial score (nSPS) is 41.7. The molecule has 21 heavy (non-hydrogen) atoms. The Bertz CT molecular complexity index is 433. The standard InChI is InChI=1S/C17H25NO3/c1-10(21-16(20)14-2-3-14)15(19)18-17-7-11-4-12(8-17)6-13(5-11)9-17/h10-14H,2-9H2,1H3,(H,18,19)/t10-,11?,12?,13?,17?/m1/s1. The zero-order chi connectivity index (χ0) is 14.6. The topological polar surface area (TPSA) is 55.4 Å². The zero-order valence-corrected chi connectivity index (χ0v) is 12.8. The monoisotopic (exact) mass is 291 g/mol. The lowest BCUT2D eigenvalue weighted by atomic mass is 9.53. The van der Waals surface area contributed by atoms with Crippen LogP contribution in [0.15, 0.2) is 0 Å². The second-order valence-corrected chi connectivity index (χ2v) is 8.04. The Morgan fingerprint density at radius 2 is 1.57 bits per heavy atom. The number of carbonyl (C=O) groups excluding carboxylic acids is 2. The van der Waals surface area contributed by atoms with Gasteiger partial charge in [-0.25, -0.2) is 0 Å². The molecule has 0 spiro atoms. The van der Waals surface area contributed by atoms with Crippen molar-refractivity contribution in [2.75, 3.05) is 0 Å². The highest BCUT2D eigenvalue weighted by atomic mass is 16.5. The van der Waals surface area contributed by atoms with Crippen LogP contribution < -0.4 is 5.32 Å². The number of carbonyl (C=O) groups is 2. The largest absolute Gasteiger partial charge is 0.452 e. The number of nitrogens with one attached hydrogen (secondary N) is 1. The van der Waals surface area contributed by atoms with E-state index < -0.39 is 6.10 Å². The van der Waals surface area contributed by atoms with Crippen LogP contribution in [0.5, 0.6) is 0 Å². The third kappa shape index (κ3) is 2.58. The molecule has 5 fully saturated rings. The molecular weight excluding hydrogens is 266 g/mol. The first-order valence-electron chi connectivity index (χ1n) is 8.55. The maximum atomic E-state index is 12.4. The van der Waals surface area contributed by atoms with Crippen molar-refractivity contribution in [1.82, 2.24) is 5.32 Å². The minimum atomic E-state index is -0.647. The van der Waals surface area contributed by atoms with Crippen LogP contribution in [-0.2, 0) is 14.3 Å². The maximum absolute atomic E-state index is 12.4. The fourth-order valence-electron chi connectivity index (χ4n) is 5.27. The van der Waals surface area contributed by atoms with Crippen LogP contribution in [0.3, 0.4) is 0 Å². The molecule has 0 heterocycles. The van der Waals surface area contributed by atoms with Gasteiger partial charge in [0.2, 0.25) is 0 Å². The highest BCUT2D eigenvalue weighted by Crippen LogP contribution is 2.55. The zero-order valence-electron chi connectivity index (χ0n) is 12.8. The van der Waals surface area contributed by atoms with Crippen LogP contribution in [0.4, 0.5) is 0 Å². The van der Waals surface area contributed by atoms with Crippen molar-refractivity contribution in [1.29, 1.82) is 0 Å². The van der Waals surface area contributed by atoms with Crippen molar-refractivity contribution in [3.8, 4) is 0 Å². The molecule has 4 heteroatoms. The van der Waals surface area contributed by atoms with E-state index in [4.69, 9.17) is 4.74 Å². The van der Waals surface area contributed by atoms with Crippen molar-refractivity contribution < 1.29 is 14.3 Å². The second-order valence-electron chi connectivity index (χ2n) is 8.04. The van der Waals surface area contributed by atoms with Gasteiger partial charge in [0.25, 0.3) is 5.91 Å². The van der Waals surface area contributed by atoms with E-state index in [1.165, 1.54) is 19.3 Å². The number of ether oxygens (including phenoxy) is 1. The van der Waals surface area contributed by atoms with Gasteiger partial charge < -0.3 is 10.1 Å². The number of hydrogen-bond donors (Lipinski definition) is 1. The first-order valence-corrected chi connectivity index (χ1v) is 8.55. The smallest absolute Gasteiger partial charge is 0.309 e. The summed E-state index contributed by atoms with van der Waals surface area (Å²) in [7, 11) is 0. The van der Waals surface area contributed by atoms with E-state index >= 15 is 0 Å². The van der Waals surface area contributed by atoms with Crippen LogP contribution in [0, 0.1) is 23.7 Å². The third-order valence-corrected chi connectivity index (χ3v) is 6.00. The van der Waals surface area contributed by atoms with E-state index in [1.807, 2.05) is 0 Å². The second kappa shape index (κ2) is 4.72. The van der Waals surface area contributed by atoms with Crippen molar-refractivity contribution in [2.24, 2.45) is 23.7 Å². The summed E-state index contributed by atoms with van der Waals surface area (Å²) in [5, 5.41) is 3.27. The van der Waals surface area contributed by atoms with Crippen LogP contribution in [0.2, 0.25) is 0 Å². The lowest BCUT2D eigenvalue weighted by Gasteiger charge is -2.57. The number of amides is 1. The van der Waals surface area contributed by atoms with Crippen LogP contribution in [0.1, 0.15) is 58.3 Å². The Morgan fingerprint density at radius 1 is 1.05 bits per heavy atom. The van der Waals surface area contributed by atoms with Crippen LogP contribution in [0.25, 0.3) is 0 Å². The Balaban J connectivity index is 1.38. The summed E-state index contributed by atoms with van der Waals surface area (Å²) >= 11 is 0. The highest BCUT2D eigenvalue weighted by Gasteiger charge is 2.51. The Kier molecular flexibility index (Phi) is 3.05. The average molecular weight is 291 g/mol. The van der Waals surface area contributed by atoms with Crippen molar-refractivity contribution >= 4 is 11.9 Å². The van der Waals surface area contributed by atoms with Crippen LogP contribution >= 0.6 is 0 Å². The predicted octanol–water partition coefficient (Wildman–Crippen LogP) is 2.41. The molecule has 5 aliphatic rings. The first kappa shape index (κ1) is 13.6. The van der Waals surface area contributed by atoms with Gasteiger partial charge in [0, 0.05) is 5.54 Å². The summed E-state index contributed by atoms with van der Waals surface area (Å²) in [6, 6.07) is 0. The Labute approximate surface area is 126 Å². The molecule has 0 aliphatic heterocycles. The van der Waals surface area contributed by atoms with E-state index in [0.29, 0.717) is 0 Å². The SMILES string of the molecule is C[C@@H](OC(=O)C1CC1)C(=O)NC12CC3CC(CC(C3)C1)C2. The predicted molar refractivity (Wildman–Crippen MR) is 77.3 cm³/mol. The minimum Gasteiger partial charge on any atom is -0.452 e. The summed E-state index contributed by atoms with van der Waals surface area (Å²) in [6.07, 6.45) is 8.68. The van der Waals surface area contributed by atoms with E-state index in [1.54, 1.807) is 6.92 Å². The van der Waals surface area contributed by atoms with Crippen molar-refractivity contribution in [3.05, 3.63) is 0 Å². The molecule has 0 aromatic carbocycles. The maximum Gasteiger partial charge on any atom is 0.309 e. The molecule has 1 N–H and O–H groups in total. The lowest BCUT2D eigenvalue weighted by Crippen LogP contribution is -2.61. The first-order chi connectivity index (χ1) is 10.0. The Morgan fingerprint density at radius 3 is 2.05 bits per heavy atom. The Hall–Kier alpha value is -1.06. The molecular formula is C17H25NO3. The average Bonchev–Trinajstić information content (AvgIpc) is 3.20. The van der Waals surface area contributed by atoms with Crippen molar-refractivity contribution in [3.63, 3.8) is 0 Å². The lowest BCUT2D eigenvalue weighted by molar-refractivity contribution is -0.157. The summed E-state index contributed by atoms with van der Waals surface area (Å²) in [6.45, 7) is 1.70. The number of esters is 1. The fraction of sp³-hybridized carbons (Fsp3) is 0.882. The molecule has 0 unspecified atom stereocenters. The summed E-state index contributed by atoms with van der Waals surface area (Å²) in [4.78, 5) is 24.1. The van der Waals surface area contributed by atoms with Gasteiger partial charge in [0.1, 0.15) is 0 Å². The van der Waals surface area contributed by atoms with Gasteiger partial charge >= 0.3 is 5.97 Å². The van der Waals surface area contributed by atoms with Crippen molar-refractivity contribution in [2.45, 2.75) is 69.9 Å². The number of hydrogen-bond acceptors (Lipinski definition) is 3. The van der Waals surface area contributed by atoms with Gasteiger partial charge in [-0.1, -0.05) is 0 Å². The summed E-state index contributed by atoms with van der Waals surface area (Å²) in [5.74, 6) is 2.19. The van der Waals surface area contributed by atoms with Crippen LogP contribution in [-0.4, -0.2) is 23.5 Å². The van der Waals surface area contributed by atoms with Gasteiger partial charge in [-0.05, 0) is 76.0 Å². The number of rotatable bonds is 4. The van der Waals surface area contributed by atoms with E-state index in [0.717, 1.165) is 49.9 Å². The molecule has 0 radical (unpaired) electrons. The molecule has 4 bridgehead atoms. The fourth-order valence-corrected chi connectivity index (χ4v) is 5.27. The molecule has 0 aromatic heterocycles. The van der Waals surface area contributed by atoms with E-state index in [9.17, 15) is 9.59 Å². The van der Waals surface area contributed by atoms with E-state index in [-0.39, 0.29) is 23.3 Å². The quantitative estimate of drug-likeness (QED) is 0.809. The third-order valence-electron chi connectivity index (χ3n) is 6.00. The molecule has 0 aromatic rings. The van der Waals surface area contributed by atoms with E-state index in [2.05, 4.69) is 5.32 Å². The molecule has 1 amide bonds. The van der Waals surface area contributed by atoms with Gasteiger partial charge in [-0.2, -0.15) is 0 Å². The molecule has 0 saturated heterocycles. The molecule has 1 atom stereocenters. The molecule has 5 aliphatic carbocycles.